The molecule has 0 aromatic rings. The number of ketones is 1. The zero-order valence-corrected chi connectivity index (χ0v) is 12.1. The maximum absolute atomic E-state index is 11.2. The van der Waals surface area contributed by atoms with Gasteiger partial charge in [0.15, 0.2) is 0 Å². The third-order valence-electron chi connectivity index (χ3n) is 2.77. The molecule has 3 heteroatoms. The second-order valence-electron chi connectivity index (χ2n) is 6.51. The van der Waals surface area contributed by atoms with Crippen LogP contribution in [0.25, 0.3) is 0 Å². The Balaban J connectivity index is 4.32. The first kappa shape index (κ1) is 16.1. The summed E-state index contributed by atoms with van der Waals surface area (Å²) in [4.78, 5) is 22.4. The molecule has 0 aromatic heterocycles. The smallest absolute Gasteiger partial charge is 0.219 e. The largest absolute Gasteiger partial charge is 0.356 e. The Bertz CT molecular complexity index is 280. The third kappa shape index (κ3) is 7.94. The highest BCUT2D eigenvalue weighted by Gasteiger charge is 2.29. The number of hydrogen-bond acceptors (Lipinski definition) is 2. The lowest BCUT2D eigenvalue weighted by Gasteiger charge is -2.34. The summed E-state index contributed by atoms with van der Waals surface area (Å²) >= 11 is 0. The Morgan fingerprint density at radius 2 is 1.59 bits per heavy atom. The quantitative estimate of drug-likeness (QED) is 0.745. The Morgan fingerprint density at radius 3 is 2.00 bits per heavy atom. The van der Waals surface area contributed by atoms with Crippen molar-refractivity contribution >= 4 is 11.7 Å². The van der Waals surface area contributed by atoms with Crippen LogP contribution in [0.3, 0.4) is 0 Å². The van der Waals surface area contributed by atoms with Crippen LogP contribution in [0.2, 0.25) is 0 Å². The van der Waals surface area contributed by atoms with Crippen LogP contribution >= 0.6 is 0 Å². The van der Waals surface area contributed by atoms with Gasteiger partial charge in [0, 0.05) is 19.4 Å². The number of rotatable bonds is 7. The molecule has 0 bridgehead atoms. The van der Waals surface area contributed by atoms with Crippen LogP contribution in [-0.2, 0) is 9.59 Å². The summed E-state index contributed by atoms with van der Waals surface area (Å²) in [5.74, 6) is 0.311. The second-order valence-corrected chi connectivity index (χ2v) is 6.51. The zero-order valence-electron chi connectivity index (χ0n) is 12.1. The topological polar surface area (TPSA) is 46.2 Å². The fourth-order valence-electron chi connectivity index (χ4n) is 2.56. The molecule has 0 radical (unpaired) electrons. The first-order chi connectivity index (χ1) is 7.58. The maximum atomic E-state index is 11.2. The van der Waals surface area contributed by atoms with Crippen LogP contribution in [0.15, 0.2) is 0 Å². The molecule has 17 heavy (non-hydrogen) atoms. The van der Waals surface area contributed by atoms with Gasteiger partial charge in [0.05, 0.1) is 0 Å². The van der Waals surface area contributed by atoms with Crippen LogP contribution in [0, 0.1) is 10.8 Å². The summed E-state index contributed by atoms with van der Waals surface area (Å²) < 4.78 is 0. The van der Waals surface area contributed by atoms with Crippen molar-refractivity contribution in [1.29, 1.82) is 0 Å². The maximum Gasteiger partial charge on any atom is 0.219 e. The van der Waals surface area contributed by atoms with Crippen molar-refractivity contribution in [2.24, 2.45) is 10.8 Å². The Kier molecular flexibility index (Phi) is 5.86. The van der Waals surface area contributed by atoms with Crippen molar-refractivity contribution in [2.75, 3.05) is 6.54 Å². The van der Waals surface area contributed by atoms with E-state index in [-0.39, 0.29) is 22.5 Å². The van der Waals surface area contributed by atoms with Gasteiger partial charge in [-0.25, -0.2) is 0 Å². The number of Topliss-reactive ketones (excluding diaryl/α,β-unsaturated/α-hetero) is 1. The van der Waals surface area contributed by atoms with Gasteiger partial charge in [0.2, 0.25) is 5.91 Å². The van der Waals surface area contributed by atoms with Gasteiger partial charge in [-0.05, 0) is 24.2 Å². The number of carbonyl (C=O) groups excluding carboxylic acids is 2. The van der Waals surface area contributed by atoms with E-state index in [9.17, 15) is 9.59 Å². The van der Waals surface area contributed by atoms with E-state index >= 15 is 0 Å². The molecule has 100 valence electrons. The van der Waals surface area contributed by atoms with E-state index in [0.717, 1.165) is 6.42 Å². The molecule has 0 aliphatic heterocycles. The molecule has 0 spiro atoms. The predicted molar refractivity (Wildman–Crippen MR) is 70.8 cm³/mol. The SMILES string of the molecule is CCC(=O)NCC(C)(C)CC(C)(C)CC(C)=O. The van der Waals surface area contributed by atoms with Gasteiger partial charge in [0.1, 0.15) is 5.78 Å². The first-order valence-electron chi connectivity index (χ1n) is 6.34. The summed E-state index contributed by atoms with van der Waals surface area (Å²) in [6.45, 7) is 12.6. The lowest BCUT2D eigenvalue weighted by atomic mass is 9.72. The normalized spacial score (nSPS) is 12.4. The van der Waals surface area contributed by atoms with Crippen LogP contribution < -0.4 is 5.32 Å². The summed E-state index contributed by atoms with van der Waals surface area (Å²) in [7, 11) is 0. The number of nitrogens with one attached hydrogen (secondary N) is 1. The molecule has 0 unspecified atom stereocenters. The molecular weight excluding hydrogens is 214 g/mol. The number of amides is 1. The van der Waals surface area contributed by atoms with Crippen LogP contribution in [-0.4, -0.2) is 18.2 Å². The molecule has 0 aliphatic rings. The predicted octanol–water partition coefficient (Wildman–Crippen LogP) is 2.93. The van der Waals surface area contributed by atoms with Crippen LogP contribution in [0.5, 0.6) is 0 Å². The molecule has 3 nitrogen and oxygen atoms in total. The lowest BCUT2D eigenvalue weighted by Crippen LogP contribution is -2.36. The minimum absolute atomic E-state index is 0.00766. The summed E-state index contributed by atoms with van der Waals surface area (Å²) in [5.41, 5.74) is 0.00998. The first-order valence-corrected chi connectivity index (χ1v) is 6.34. The highest BCUT2D eigenvalue weighted by molar-refractivity contribution is 5.76. The molecule has 1 N–H and O–H groups in total. The Hall–Kier alpha value is -0.860. The second kappa shape index (κ2) is 6.18. The summed E-state index contributed by atoms with van der Waals surface area (Å²) in [5, 5.41) is 2.92. The minimum atomic E-state index is -0.00766. The van der Waals surface area contributed by atoms with Crippen molar-refractivity contribution in [3.63, 3.8) is 0 Å². The van der Waals surface area contributed by atoms with Gasteiger partial charge in [-0.15, -0.1) is 0 Å². The fraction of sp³-hybridized carbons (Fsp3) is 0.857. The van der Waals surface area contributed by atoms with Gasteiger partial charge in [-0.1, -0.05) is 34.6 Å². The average molecular weight is 241 g/mol. The van der Waals surface area contributed by atoms with Crippen LogP contribution in [0.4, 0.5) is 0 Å². The molecule has 1 amide bonds. The Labute approximate surface area is 105 Å². The molecule has 0 saturated heterocycles. The van der Waals surface area contributed by atoms with Gasteiger partial charge < -0.3 is 10.1 Å². The molecule has 0 fully saturated rings. The lowest BCUT2D eigenvalue weighted by molar-refractivity contribution is -0.122. The van der Waals surface area contributed by atoms with Crippen molar-refractivity contribution in [1.82, 2.24) is 5.32 Å². The van der Waals surface area contributed by atoms with E-state index in [0.29, 0.717) is 19.4 Å². The monoisotopic (exact) mass is 241 g/mol. The summed E-state index contributed by atoms with van der Waals surface area (Å²) in [6.07, 6.45) is 2.04. The van der Waals surface area contributed by atoms with Gasteiger partial charge in [0.25, 0.3) is 0 Å². The van der Waals surface area contributed by atoms with E-state index in [2.05, 4.69) is 33.0 Å². The van der Waals surface area contributed by atoms with Gasteiger partial charge in [-0.3, -0.25) is 4.79 Å². The van der Waals surface area contributed by atoms with Gasteiger partial charge >= 0.3 is 0 Å². The van der Waals surface area contributed by atoms with E-state index in [1.54, 1.807) is 6.92 Å². The Morgan fingerprint density at radius 1 is 1.06 bits per heavy atom. The molecule has 0 heterocycles. The molecule has 0 rings (SSSR count). The number of carbonyl (C=O) groups is 2. The third-order valence-corrected chi connectivity index (χ3v) is 2.77. The molecular formula is C14H27NO2. The van der Waals surface area contributed by atoms with E-state index in [1.807, 2.05) is 6.92 Å². The number of hydrogen-bond donors (Lipinski definition) is 1. The van der Waals surface area contributed by atoms with Crippen molar-refractivity contribution in [3.05, 3.63) is 0 Å². The van der Waals surface area contributed by atoms with Gasteiger partial charge in [-0.2, -0.15) is 0 Å². The molecule has 0 aromatic carbocycles. The molecule has 0 atom stereocenters. The van der Waals surface area contributed by atoms with E-state index in [4.69, 9.17) is 0 Å². The standard InChI is InChI=1S/C14H27NO2/c1-7-12(17)15-10-14(5,6)9-13(3,4)8-11(2)16/h7-10H2,1-6H3,(H,15,17). The van der Waals surface area contributed by atoms with Crippen molar-refractivity contribution < 1.29 is 9.59 Å². The zero-order chi connectivity index (χ0) is 13.7. The highest BCUT2D eigenvalue weighted by atomic mass is 16.1. The minimum Gasteiger partial charge on any atom is -0.356 e. The molecule has 0 saturated carbocycles. The van der Waals surface area contributed by atoms with E-state index in [1.165, 1.54) is 0 Å². The summed E-state index contributed by atoms with van der Waals surface area (Å²) in [6, 6.07) is 0. The van der Waals surface area contributed by atoms with E-state index < -0.39 is 0 Å². The average Bonchev–Trinajstić information content (AvgIpc) is 2.10. The van der Waals surface area contributed by atoms with Crippen molar-refractivity contribution in [3.8, 4) is 0 Å². The van der Waals surface area contributed by atoms with Crippen molar-refractivity contribution in [2.45, 2.75) is 60.8 Å². The van der Waals surface area contributed by atoms with Crippen LogP contribution in [0.1, 0.15) is 60.8 Å². The highest BCUT2D eigenvalue weighted by Crippen LogP contribution is 2.35. The fourth-order valence-corrected chi connectivity index (χ4v) is 2.56. The molecule has 0 aliphatic carbocycles.